The number of benzene rings is 1. The van der Waals surface area contributed by atoms with Gasteiger partial charge in [-0.2, -0.15) is 5.10 Å². The molecule has 0 radical (unpaired) electrons. The highest BCUT2D eigenvalue weighted by Crippen LogP contribution is 2.13. The van der Waals surface area contributed by atoms with Gasteiger partial charge < -0.3 is 4.74 Å². The molecule has 1 aromatic carbocycles. The van der Waals surface area contributed by atoms with Crippen LogP contribution < -0.4 is 5.43 Å². The molecule has 0 saturated carbocycles. The van der Waals surface area contributed by atoms with E-state index in [1.807, 2.05) is 39.0 Å². The zero-order valence-corrected chi connectivity index (χ0v) is 12.6. The molecule has 5 nitrogen and oxygen atoms in total. The maximum Gasteiger partial charge on any atom is 0.362 e. The third-order valence-corrected chi connectivity index (χ3v) is 3.22. The first kappa shape index (κ1) is 15.0. The second-order valence-corrected chi connectivity index (χ2v) is 4.97. The van der Waals surface area contributed by atoms with E-state index >= 15 is 0 Å². The van der Waals surface area contributed by atoms with Crippen molar-refractivity contribution in [2.75, 3.05) is 7.11 Å². The highest BCUT2D eigenvalue weighted by Gasteiger charge is 2.17. The van der Waals surface area contributed by atoms with Crippen molar-refractivity contribution in [2.45, 2.75) is 27.2 Å². The molecule has 0 aliphatic rings. The van der Waals surface area contributed by atoms with Gasteiger partial charge in [0.05, 0.1) is 12.8 Å². The van der Waals surface area contributed by atoms with Crippen molar-refractivity contribution in [3.63, 3.8) is 0 Å². The number of methoxy groups -OCH3 is 1. The second kappa shape index (κ2) is 5.91. The van der Waals surface area contributed by atoms with Crippen LogP contribution in [0.4, 0.5) is 0 Å². The van der Waals surface area contributed by atoms with Crippen molar-refractivity contribution in [1.29, 1.82) is 0 Å². The number of carbonyl (C=O) groups excluding carboxylic acids is 1. The summed E-state index contributed by atoms with van der Waals surface area (Å²) in [7, 11) is 1.24. The molecule has 0 fully saturated rings. The van der Waals surface area contributed by atoms with Crippen LogP contribution in [0.3, 0.4) is 0 Å². The van der Waals surface area contributed by atoms with Crippen molar-refractivity contribution >= 4 is 5.97 Å². The van der Waals surface area contributed by atoms with Gasteiger partial charge in [-0.05, 0) is 43.5 Å². The summed E-state index contributed by atoms with van der Waals surface area (Å²) < 4.78 is 6.20. The number of esters is 1. The molecule has 0 aliphatic heterocycles. The lowest BCUT2D eigenvalue weighted by Gasteiger charge is -2.11. The topological polar surface area (TPSA) is 61.2 Å². The van der Waals surface area contributed by atoms with E-state index in [9.17, 15) is 9.59 Å². The Hall–Kier alpha value is -2.43. The van der Waals surface area contributed by atoms with Gasteiger partial charge in [-0.1, -0.05) is 13.0 Å². The van der Waals surface area contributed by atoms with Crippen LogP contribution in [0.15, 0.2) is 29.2 Å². The van der Waals surface area contributed by atoms with Gasteiger partial charge >= 0.3 is 5.97 Å². The quantitative estimate of drug-likeness (QED) is 0.812. The van der Waals surface area contributed by atoms with Crippen LogP contribution >= 0.6 is 0 Å². The van der Waals surface area contributed by atoms with Gasteiger partial charge in [-0.3, -0.25) is 4.79 Å². The van der Waals surface area contributed by atoms with E-state index in [0.717, 1.165) is 16.8 Å². The molecule has 1 aromatic heterocycles. The van der Waals surface area contributed by atoms with Gasteiger partial charge in [-0.15, -0.1) is 0 Å². The number of aryl methyl sites for hydroxylation is 3. The Morgan fingerprint density at radius 2 is 1.86 bits per heavy atom. The smallest absolute Gasteiger partial charge is 0.362 e. The van der Waals surface area contributed by atoms with Crippen LogP contribution in [0.1, 0.15) is 34.1 Å². The highest BCUT2D eigenvalue weighted by molar-refractivity contribution is 5.87. The molecule has 0 bridgehead atoms. The predicted molar refractivity (Wildman–Crippen MR) is 80.0 cm³/mol. The van der Waals surface area contributed by atoms with Crippen molar-refractivity contribution in [1.82, 2.24) is 9.78 Å². The van der Waals surface area contributed by atoms with E-state index in [-0.39, 0.29) is 11.1 Å². The second-order valence-electron chi connectivity index (χ2n) is 4.97. The molecule has 21 heavy (non-hydrogen) atoms. The number of ether oxygens (including phenoxy) is 1. The standard InChI is InChI=1S/C16H18N2O3/c1-5-12-9-18(13-7-10(2)6-11(3)8-13)17-14(15(12)19)16(20)21-4/h6-9H,5H2,1-4H3. The van der Waals surface area contributed by atoms with Crippen molar-refractivity contribution in [2.24, 2.45) is 0 Å². The summed E-state index contributed by atoms with van der Waals surface area (Å²) in [6.45, 7) is 5.84. The molecule has 2 rings (SSSR count). The molecule has 0 aliphatic carbocycles. The molecule has 0 spiro atoms. The van der Waals surface area contributed by atoms with Gasteiger partial charge in [0.2, 0.25) is 11.1 Å². The maximum absolute atomic E-state index is 12.1. The summed E-state index contributed by atoms with van der Waals surface area (Å²) in [6.07, 6.45) is 2.19. The number of aromatic nitrogens is 2. The minimum absolute atomic E-state index is 0.184. The summed E-state index contributed by atoms with van der Waals surface area (Å²) in [4.78, 5) is 23.9. The van der Waals surface area contributed by atoms with Gasteiger partial charge in [0.15, 0.2) is 0 Å². The number of rotatable bonds is 3. The first-order valence-electron chi connectivity index (χ1n) is 6.76. The Labute approximate surface area is 123 Å². The molecule has 0 N–H and O–H groups in total. The van der Waals surface area contributed by atoms with Gasteiger partial charge in [0.25, 0.3) is 0 Å². The van der Waals surface area contributed by atoms with Crippen LogP contribution in [0.5, 0.6) is 0 Å². The average molecular weight is 286 g/mol. The fraction of sp³-hybridized carbons (Fsp3) is 0.312. The zero-order valence-electron chi connectivity index (χ0n) is 12.6. The summed E-state index contributed by atoms with van der Waals surface area (Å²) in [5.74, 6) is -0.714. The molecule has 5 heteroatoms. The lowest BCUT2D eigenvalue weighted by Crippen LogP contribution is -2.25. The van der Waals surface area contributed by atoms with E-state index in [1.165, 1.54) is 7.11 Å². The zero-order chi connectivity index (χ0) is 15.6. The maximum atomic E-state index is 12.1. The molecular formula is C16H18N2O3. The average Bonchev–Trinajstić information content (AvgIpc) is 2.45. The normalized spacial score (nSPS) is 10.5. The van der Waals surface area contributed by atoms with Crippen molar-refractivity contribution < 1.29 is 9.53 Å². The molecule has 0 atom stereocenters. The van der Waals surface area contributed by atoms with Crippen molar-refractivity contribution in [3.05, 3.63) is 57.0 Å². The Kier molecular flexibility index (Phi) is 4.21. The van der Waals surface area contributed by atoms with E-state index in [1.54, 1.807) is 10.9 Å². The number of carbonyl (C=O) groups is 1. The SMILES string of the molecule is CCc1cn(-c2cc(C)cc(C)c2)nc(C(=O)OC)c1=O. The van der Waals surface area contributed by atoms with Crippen molar-refractivity contribution in [3.8, 4) is 5.69 Å². The fourth-order valence-corrected chi connectivity index (χ4v) is 2.24. The molecule has 1 heterocycles. The number of nitrogens with zero attached hydrogens (tertiary/aromatic N) is 2. The summed E-state index contributed by atoms with van der Waals surface area (Å²) in [5.41, 5.74) is 2.96. The largest absolute Gasteiger partial charge is 0.464 e. The number of hydrogen-bond donors (Lipinski definition) is 0. The Morgan fingerprint density at radius 3 is 2.38 bits per heavy atom. The lowest BCUT2D eigenvalue weighted by molar-refractivity contribution is 0.0590. The van der Waals surface area contributed by atoms with E-state index in [4.69, 9.17) is 0 Å². The lowest BCUT2D eigenvalue weighted by atomic mass is 10.1. The molecule has 2 aromatic rings. The van der Waals surface area contributed by atoms with Gasteiger partial charge in [0.1, 0.15) is 0 Å². The first-order valence-corrected chi connectivity index (χ1v) is 6.76. The van der Waals surface area contributed by atoms with Crippen LogP contribution in [0.2, 0.25) is 0 Å². The van der Waals surface area contributed by atoms with Crippen LogP contribution in [-0.4, -0.2) is 22.9 Å². The van der Waals surface area contributed by atoms with E-state index < -0.39 is 5.97 Å². The summed E-state index contributed by atoms with van der Waals surface area (Å²) >= 11 is 0. The third kappa shape index (κ3) is 3.02. The van der Waals surface area contributed by atoms with Crippen LogP contribution in [0, 0.1) is 13.8 Å². The van der Waals surface area contributed by atoms with Gasteiger partial charge in [0, 0.05) is 11.8 Å². The van der Waals surface area contributed by atoms with Crippen LogP contribution in [0.25, 0.3) is 5.69 Å². The summed E-state index contributed by atoms with van der Waals surface area (Å²) in [5, 5.41) is 4.13. The minimum atomic E-state index is -0.714. The highest BCUT2D eigenvalue weighted by atomic mass is 16.5. The minimum Gasteiger partial charge on any atom is -0.464 e. The molecule has 110 valence electrons. The fourth-order valence-electron chi connectivity index (χ4n) is 2.24. The Balaban J connectivity index is 2.69. The van der Waals surface area contributed by atoms with E-state index in [0.29, 0.717) is 12.0 Å². The molecule has 0 amide bonds. The third-order valence-electron chi connectivity index (χ3n) is 3.22. The Morgan fingerprint density at radius 1 is 1.24 bits per heavy atom. The predicted octanol–water partition coefficient (Wildman–Crippen LogP) is 2.20. The first-order chi connectivity index (χ1) is 9.96. The van der Waals surface area contributed by atoms with E-state index in [2.05, 4.69) is 9.84 Å². The number of hydrogen-bond acceptors (Lipinski definition) is 4. The molecule has 0 saturated heterocycles. The molecule has 0 unspecified atom stereocenters. The van der Waals surface area contributed by atoms with Gasteiger partial charge in [-0.25, -0.2) is 9.48 Å². The summed E-state index contributed by atoms with van der Waals surface area (Å²) in [6, 6.07) is 5.95. The van der Waals surface area contributed by atoms with Crippen LogP contribution in [-0.2, 0) is 11.2 Å². The monoisotopic (exact) mass is 286 g/mol. The molecular weight excluding hydrogens is 268 g/mol. The Bertz CT molecular complexity index is 727.